The summed E-state index contributed by atoms with van der Waals surface area (Å²) in [5.74, 6) is -1.09. The smallest absolute Gasteiger partial charge is 0.270 e. The summed E-state index contributed by atoms with van der Waals surface area (Å²) < 4.78 is 12.3. The molecule has 14 nitrogen and oxygen atoms in total. The van der Waals surface area contributed by atoms with Crippen molar-refractivity contribution < 1.29 is 33.4 Å². The zero-order chi connectivity index (χ0) is 42.2. The number of piperidine rings is 1. The molecule has 310 valence electrons. The standard InChI is InChI=1S/C44H50ClN7O7/c1-43(2)41(44(3,4)42(43)59-30-11-9-27(25-46)33(45)24-30)48-37(54)34-14-10-28(26-47-34)51-20-18-50(19-21-51)17-7-6-8-22-58-29-12-13-31-32(23-29)39(56)52(38(31)55)35-15-16-36(53)49(5)40(35)57/h9-14,23-24,26,35,41-42H,6-8,15-22H2,1-5H3,(H,48,54). The molecule has 2 saturated heterocycles. The Balaban J connectivity index is 0.808. The molecule has 1 saturated carbocycles. The van der Waals surface area contributed by atoms with Crippen molar-refractivity contribution in [2.24, 2.45) is 10.8 Å². The number of nitrogens with zero attached hydrogens (tertiary/aromatic N) is 6. The highest BCUT2D eigenvalue weighted by molar-refractivity contribution is 6.31. The fraction of sp³-hybridized carbons (Fsp3) is 0.477. The molecular formula is C44H50ClN7O7. The van der Waals surface area contributed by atoms with Crippen LogP contribution in [0.1, 0.15) is 96.6 Å². The summed E-state index contributed by atoms with van der Waals surface area (Å²) in [6, 6.07) is 14.5. The number of hydrogen-bond donors (Lipinski definition) is 1. The molecule has 1 N–H and O–H groups in total. The molecule has 1 aliphatic carbocycles. The number of fused-ring (bicyclic) bond motifs is 1. The minimum absolute atomic E-state index is 0.0968. The Kier molecular flexibility index (Phi) is 11.7. The maximum Gasteiger partial charge on any atom is 0.270 e. The molecule has 0 radical (unpaired) electrons. The number of halogens is 1. The monoisotopic (exact) mass is 823 g/mol. The minimum Gasteiger partial charge on any atom is -0.494 e. The Morgan fingerprint density at radius 1 is 0.915 bits per heavy atom. The Hall–Kier alpha value is -5.52. The van der Waals surface area contributed by atoms with Crippen LogP contribution in [-0.4, -0.2) is 114 Å². The second kappa shape index (κ2) is 16.6. The fourth-order valence-corrected chi connectivity index (χ4v) is 9.50. The normalized spacial score (nSPS) is 22.5. The van der Waals surface area contributed by atoms with Crippen LogP contribution >= 0.6 is 11.6 Å². The Morgan fingerprint density at radius 3 is 2.31 bits per heavy atom. The Morgan fingerprint density at radius 2 is 1.63 bits per heavy atom. The molecule has 3 aliphatic heterocycles. The van der Waals surface area contributed by atoms with Gasteiger partial charge < -0.3 is 19.7 Å². The number of benzene rings is 2. The average molecular weight is 824 g/mol. The van der Waals surface area contributed by atoms with Crippen molar-refractivity contribution in [1.82, 2.24) is 25.0 Å². The highest BCUT2D eigenvalue weighted by atomic mass is 35.5. The van der Waals surface area contributed by atoms with Crippen LogP contribution in [0.2, 0.25) is 5.02 Å². The van der Waals surface area contributed by atoms with Crippen LogP contribution in [0.5, 0.6) is 11.5 Å². The van der Waals surface area contributed by atoms with Gasteiger partial charge in [0.05, 0.1) is 40.2 Å². The van der Waals surface area contributed by atoms with Gasteiger partial charge in [0.2, 0.25) is 5.91 Å². The van der Waals surface area contributed by atoms with Gasteiger partial charge in [-0.2, -0.15) is 5.26 Å². The lowest BCUT2D eigenvalue weighted by atomic mass is 9.49. The van der Waals surface area contributed by atoms with Gasteiger partial charge in [-0.05, 0) is 74.7 Å². The third kappa shape index (κ3) is 8.10. The Bertz CT molecular complexity index is 2180. The van der Waals surface area contributed by atoms with Gasteiger partial charge in [0.25, 0.3) is 23.6 Å². The summed E-state index contributed by atoms with van der Waals surface area (Å²) in [5, 5.41) is 12.7. The summed E-state index contributed by atoms with van der Waals surface area (Å²) in [4.78, 5) is 75.5. The Labute approximate surface area is 349 Å². The number of piperazine rings is 1. The van der Waals surface area contributed by atoms with Crippen LogP contribution in [0.4, 0.5) is 5.69 Å². The highest BCUT2D eigenvalue weighted by Gasteiger charge is 2.64. The van der Waals surface area contributed by atoms with Crippen molar-refractivity contribution in [2.75, 3.05) is 51.3 Å². The molecule has 59 heavy (non-hydrogen) atoms. The molecule has 4 aliphatic rings. The van der Waals surface area contributed by atoms with Gasteiger partial charge in [-0.1, -0.05) is 39.3 Å². The number of carbonyl (C=O) groups is 5. The molecule has 3 aromatic rings. The number of nitrogens with one attached hydrogen (secondary N) is 1. The lowest BCUT2D eigenvalue weighted by Gasteiger charge is -2.63. The van der Waals surface area contributed by atoms with E-state index >= 15 is 0 Å². The number of likely N-dealkylation sites (tertiary alicyclic amines) is 1. The summed E-state index contributed by atoms with van der Waals surface area (Å²) >= 11 is 6.24. The maximum absolute atomic E-state index is 13.4. The first-order valence-electron chi connectivity index (χ1n) is 20.2. The van der Waals surface area contributed by atoms with E-state index in [0.29, 0.717) is 34.4 Å². The van der Waals surface area contributed by atoms with E-state index in [2.05, 4.69) is 53.9 Å². The number of nitriles is 1. The quantitative estimate of drug-likeness (QED) is 0.175. The second-order valence-corrected chi connectivity index (χ2v) is 17.4. The second-order valence-electron chi connectivity index (χ2n) is 17.0. The van der Waals surface area contributed by atoms with Gasteiger partial charge in [-0.25, -0.2) is 4.98 Å². The first kappa shape index (κ1) is 41.6. The number of carbonyl (C=O) groups excluding carboxylic acids is 5. The zero-order valence-corrected chi connectivity index (χ0v) is 34.9. The van der Waals surface area contributed by atoms with Gasteiger partial charge in [0.1, 0.15) is 35.4 Å². The highest BCUT2D eigenvalue weighted by Crippen LogP contribution is 2.55. The van der Waals surface area contributed by atoms with E-state index < -0.39 is 23.8 Å². The van der Waals surface area contributed by atoms with E-state index in [1.165, 1.54) is 7.05 Å². The number of likely N-dealkylation sites (N-methyl/N-ethyl adjacent to an activating group) is 1. The van der Waals surface area contributed by atoms with E-state index in [1.807, 2.05) is 6.07 Å². The number of ether oxygens (including phenoxy) is 2. The van der Waals surface area contributed by atoms with Crippen LogP contribution in [0.15, 0.2) is 54.7 Å². The molecule has 0 bridgehead atoms. The van der Waals surface area contributed by atoms with Gasteiger partial charge in [0, 0.05) is 62.6 Å². The van der Waals surface area contributed by atoms with Crippen LogP contribution in [0.25, 0.3) is 0 Å². The first-order valence-corrected chi connectivity index (χ1v) is 20.5. The van der Waals surface area contributed by atoms with Crippen molar-refractivity contribution in [3.8, 4) is 17.6 Å². The number of aromatic nitrogens is 1. The topological polar surface area (TPSA) is 165 Å². The first-order chi connectivity index (χ1) is 28.1. The van der Waals surface area contributed by atoms with Crippen molar-refractivity contribution >= 4 is 46.8 Å². The summed E-state index contributed by atoms with van der Waals surface area (Å²) in [5.41, 5.74) is 1.41. The predicted molar refractivity (Wildman–Crippen MR) is 219 cm³/mol. The van der Waals surface area contributed by atoms with Crippen LogP contribution in [0.3, 0.4) is 0 Å². The molecule has 1 atom stereocenters. The zero-order valence-electron chi connectivity index (χ0n) is 34.1. The number of amides is 5. The molecule has 2 aromatic carbocycles. The van der Waals surface area contributed by atoms with Gasteiger partial charge in [-0.15, -0.1) is 0 Å². The van der Waals surface area contributed by atoms with Crippen molar-refractivity contribution in [1.29, 1.82) is 5.26 Å². The number of anilines is 1. The van der Waals surface area contributed by atoms with Crippen LogP contribution in [0, 0.1) is 22.2 Å². The largest absolute Gasteiger partial charge is 0.494 e. The van der Waals surface area contributed by atoms with Crippen LogP contribution < -0.4 is 19.7 Å². The van der Waals surface area contributed by atoms with Gasteiger partial charge in [-0.3, -0.25) is 38.7 Å². The maximum atomic E-state index is 13.4. The van der Waals surface area contributed by atoms with Crippen LogP contribution in [-0.2, 0) is 9.59 Å². The molecule has 1 unspecified atom stereocenters. The molecule has 3 fully saturated rings. The van der Waals surface area contributed by atoms with Gasteiger partial charge >= 0.3 is 0 Å². The van der Waals surface area contributed by atoms with E-state index in [1.54, 1.807) is 48.7 Å². The number of rotatable bonds is 13. The third-order valence-corrected chi connectivity index (χ3v) is 12.7. The van der Waals surface area contributed by atoms with E-state index in [-0.39, 0.29) is 58.8 Å². The summed E-state index contributed by atoms with van der Waals surface area (Å²) in [7, 11) is 1.37. The van der Waals surface area contributed by atoms with Crippen molar-refractivity contribution in [3.63, 3.8) is 0 Å². The van der Waals surface area contributed by atoms with Crippen molar-refractivity contribution in [3.05, 3.63) is 82.1 Å². The number of hydrogen-bond acceptors (Lipinski definition) is 11. The third-order valence-electron chi connectivity index (χ3n) is 12.4. The number of imide groups is 2. The molecular weight excluding hydrogens is 774 g/mol. The molecule has 4 heterocycles. The molecule has 0 spiro atoms. The summed E-state index contributed by atoms with van der Waals surface area (Å²) in [6.07, 6.45) is 4.60. The predicted octanol–water partition coefficient (Wildman–Crippen LogP) is 5.33. The average Bonchev–Trinajstić information content (AvgIpc) is 3.47. The van der Waals surface area contributed by atoms with Crippen molar-refractivity contribution in [2.45, 2.75) is 78.0 Å². The van der Waals surface area contributed by atoms with E-state index in [0.717, 1.165) is 67.5 Å². The van der Waals surface area contributed by atoms with E-state index in [9.17, 15) is 29.2 Å². The summed E-state index contributed by atoms with van der Waals surface area (Å²) in [6.45, 7) is 13.3. The molecule has 15 heteroatoms. The van der Waals surface area contributed by atoms with Gasteiger partial charge in [0.15, 0.2) is 0 Å². The number of unbranched alkanes of at least 4 members (excludes halogenated alkanes) is 2. The van der Waals surface area contributed by atoms with E-state index in [4.69, 9.17) is 21.1 Å². The SMILES string of the molecule is CN1C(=O)CCC(N2C(=O)c3ccc(OCCCCCN4CCN(c5ccc(C(=O)NC6C(C)(C)C(Oc7ccc(C#N)c(Cl)c7)C6(C)C)nc5)CC4)cc3C2=O)C1=O. The molecule has 5 amide bonds. The lowest BCUT2D eigenvalue weighted by Crippen LogP contribution is -2.74. The fourth-order valence-electron chi connectivity index (χ4n) is 9.29. The minimum atomic E-state index is -0.985. The number of pyridine rings is 1. The molecule has 7 rings (SSSR count). The lowest BCUT2D eigenvalue weighted by molar-refractivity contribution is -0.164. The molecule has 1 aromatic heterocycles.